The van der Waals surface area contributed by atoms with Gasteiger partial charge in [0.2, 0.25) is 5.82 Å². The lowest BCUT2D eigenvalue weighted by Crippen LogP contribution is -2.12. The van der Waals surface area contributed by atoms with Crippen molar-refractivity contribution in [3.05, 3.63) is 42.6 Å². The molecular formula is C14H13N5O. The van der Waals surface area contributed by atoms with E-state index in [0.717, 1.165) is 12.1 Å². The Morgan fingerprint density at radius 2 is 2.30 bits per heavy atom. The molecule has 2 heterocycles. The van der Waals surface area contributed by atoms with Gasteiger partial charge in [0, 0.05) is 12.1 Å². The molecule has 0 aromatic carbocycles. The van der Waals surface area contributed by atoms with Crippen molar-refractivity contribution in [1.29, 1.82) is 0 Å². The first-order valence-corrected chi connectivity index (χ1v) is 6.34. The van der Waals surface area contributed by atoms with Gasteiger partial charge in [-0.3, -0.25) is 9.78 Å². The molecule has 2 aromatic rings. The van der Waals surface area contributed by atoms with Crippen molar-refractivity contribution < 1.29 is 4.79 Å². The van der Waals surface area contributed by atoms with E-state index < -0.39 is 0 Å². The number of nitrogens with zero attached hydrogens (tertiary/aromatic N) is 5. The number of carbonyl (C=O) groups is 1. The molecule has 0 radical (unpaired) electrons. The minimum Gasteiger partial charge on any atom is -0.299 e. The number of Topliss-reactive ketones (excluding diaryl/α,β-unsaturated/α-hetero) is 1. The molecule has 1 aliphatic carbocycles. The Morgan fingerprint density at radius 1 is 1.40 bits per heavy atom. The van der Waals surface area contributed by atoms with E-state index in [9.17, 15) is 4.79 Å². The fraction of sp³-hybridized carbons (Fsp3) is 0.214. The third-order valence-electron chi connectivity index (χ3n) is 3.11. The van der Waals surface area contributed by atoms with Gasteiger partial charge in [0.15, 0.2) is 0 Å². The number of hydrogen-bond acceptors (Lipinski definition) is 5. The van der Waals surface area contributed by atoms with E-state index in [1.54, 1.807) is 13.1 Å². The molecule has 1 atom stereocenters. The minimum atomic E-state index is -0.112. The Kier molecular flexibility index (Phi) is 3.20. The summed E-state index contributed by atoms with van der Waals surface area (Å²) >= 11 is 0. The lowest BCUT2D eigenvalue weighted by Gasteiger charge is -2.12. The molecule has 6 nitrogen and oxygen atoms in total. The van der Waals surface area contributed by atoms with E-state index in [4.69, 9.17) is 0 Å². The quantitative estimate of drug-likeness (QED) is 0.846. The highest BCUT2D eigenvalue weighted by Gasteiger charge is 2.16. The second kappa shape index (κ2) is 5.16. The second-order valence-electron chi connectivity index (χ2n) is 4.56. The average Bonchev–Trinajstić information content (AvgIpc) is 2.98. The molecule has 0 bridgehead atoms. The molecule has 3 rings (SSSR count). The highest BCUT2D eigenvalue weighted by molar-refractivity contribution is 5.82. The monoisotopic (exact) mass is 267 g/mol. The summed E-state index contributed by atoms with van der Waals surface area (Å²) in [6.07, 6.45) is 8.11. The SMILES string of the molecule is CC(=O)C1C=C(n2nnc(-c3ccccn3)n2)C=CC1. The highest BCUT2D eigenvalue weighted by atomic mass is 16.1. The summed E-state index contributed by atoms with van der Waals surface area (Å²) in [5.74, 6) is 0.487. The molecule has 0 N–H and O–H groups in total. The molecule has 1 unspecified atom stereocenters. The molecule has 6 heteroatoms. The predicted octanol–water partition coefficient (Wildman–Crippen LogP) is 1.74. The summed E-state index contributed by atoms with van der Waals surface area (Å²) in [4.78, 5) is 17.1. The maximum atomic E-state index is 11.4. The van der Waals surface area contributed by atoms with Crippen LogP contribution >= 0.6 is 0 Å². The van der Waals surface area contributed by atoms with Gasteiger partial charge >= 0.3 is 0 Å². The molecule has 20 heavy (non-hydrogen) atoms. The van der Waals surface area contributed by atoms with Crippen molar-refractivity contribution >= 4 is 11.5 Å². The number of carbonyl (C=O) groups excluding carboxylic acids is 1. The molecule has 100 valence electrons. The summed E-state index contributed by atoms with van der Waals surface area (Å²) in [6, 6.07) is 5.52. The van der Waals surface area contributed by atoms with E-state index in [2.05, 4.69) is 20.4 Å². The number of tetrazole rings is 1. The summed E-state index contributed by atoms with van der Waals surface area (Å²) < 4.78 is 0. The van der Waals surface area contributed by atoms with Gasteiger partial charge in [0.25, 0.3) is 0 Å². The van der Waals surface area contributed by atoms with E-state index >= 15 is 0 Å². The molecule has 0 amide bonds. The van der Waals surface area contributed by atoms with Crippen LogP contribution in [0.4, 0.5) is 0 Å². The van der Waals surface area contributed by atoms with Crippen molar-refractivity contribution in [2.45, 2.75) is 13.3 Å². The summed E-state index contributed by atoms with van der Waals surface area (Å²) in [6.45, 7) is 1.59. The lowest BCUT2D eigenvalue weighted by molar-refractivity contribution is -0.119. The maximum absolute atomic E-state index is 11.4. The fourth-order valence-electron chi connectivity index (χ4n) is 2.00. The number of pyridine rings is 1. The standard InChI is InChI=1S/C14H13N5O/c1-10(20)11-5-4-6-12(9-11)19-17-14(16-18-19)13-7-2-3-8-15-13/h2-4,6-9,11H,5H2,1H3. The average molecular weight is 267 g/mol. The Morgan fingerprint density at radius 3 is 3.05 bits per heavy atom. The van der Waals surface area contributed by atoms with Gasteiger partial charge in [-0.25, -0.2) is 0 Å². The zero-order valence-electron chi connectivity index (χ0n) is 11.0. The number of rotatable bonds is 3. The first-order valence-electron chi connectivity index (χ1n) is 6.34. The van der Waals surface area contributed by atoms with Crippen molar-refractivity contribution in [3.63, 3.8) is 0 Å². The van der Waals surface area contributed by atoms with E-state index in [1.165, 1.54) is 4.80 Å². The van der Waals surface area contributed by atoms with Gasteiger partial charge in [-0.1, -0.05) is 12.1 Å². The Hall–Kier alpha value is -2.63. The topological polar surface area (TPSA) is 73.6 Å². The number of ketones is 1. The van der Waals surface area contributed by atoms with Crippen LogP contribution in [-0.4, -0.2) is 31.0 Å². The maximum Gasteiger partial charge on any atom is 0.223 e. The van der Waals surface area contributed by atoms with E-state index in [1.807, 2.05) is 36.4 Å². The molecule has 0 saturated heterocycles. The summed E-state index contributed by atoms with van der Waals surface area (Å²) in [5, 5.41) is 12.3. The largest absolute Gasteiger partial charge is 0.299 e. The van der Waals surface area contributed by atoms with Crippen LogP contribution in [0.3, 0.4) is 0 Å². The zero-order valence-corrected chi connectivity index (χ0v) is 11.0. The summed E-state index contributed by atoms with van der Waals surface area (Å²) in [7, 11) is 0. The van der Waals surface area contributed by atoms with Crippen LogP contribution < -0.4 is 0 Å². The van der Waals surface area contributed by atoms with Gasteiger partial charge in [0.05, 0.1) is 5.70 Å². The molecule has 0 spiro atoms. The number of allylic oxidation sites excluding steroid dienone is 4. The third-order valence-corrected chi connectivity index (χ3v) is 3.11. The first kappa shape index (κ1) is 12.4. The first-order chi connectivity index (χ1) is 9.74. The molecule has 0 saturated carbocycles. The van der Waals surface area contributed by atoms with Crippen LogP contribution in [0, 0.1) is 5.92 Å². The van der Waals surface area contributed by atoms with Crippen LogP contribution in [0.1, 0.15) is 13.3 Å². The third kappa shape index (κ3) is 2.40. The molecule has 0 aliphatic heterocycles. The minimum absolute atomic E-state index is 0.112. The van der Waals surface area contributed by atoms with E-state index in [0.29, 0.717) is 11.5 Å². The van der Waals surface area contributed by atoms with Gasteiger partial charge < -0.3 is 0 Å². The predicted molar refractivity (Wildman–Crippen MR) is 73.2 cm³/mol. The summed E-state index contributed by atoms with van der Waals surface area (Å²) in [5.41, 5.74) is 1.42. The van der Waals surface area contributed by atoms with Crippen molar-refractivity contribution in [1.82, 2.24) is 25.2 Å². The van der Waals surface area contributed by atoms with Gasteiger partial charge in [0.1, 0.15) is 11.5 Å². The van der Waals surface area contributed by atoms with Crippen LogP contribution in [0.25, 0.3) is 17.2 Å². The molecular weight excluding hydrogens is 254 g/mol. The van der Waals surface area contributed by atoms with Crippen LogP contribution in [0.5, 0.6) is 0 Å². The Balaban J connectivity index is 1.91. The molecule has 1 aliphatic rings. The molecule has 2 aromatic heterocycles. The van der Waals surface area contributed by atoms with Crippen molar-refractivity contribution in [2.24, 2.45) is 5.92 Å². The second-order valence-corrected chi connectivity index (χ2v) is 4.56. The zero-order chi connectivity index (χ0) is 13.9. The smallest absolute Gasteiger partial charge is 0.223 e. The van der Waals surface area contributed by atoms with Crippen molar-refractivity contribution in [3.8, 4) is 11.5 Å². The van der Waals surface area contributed by atoms with Crippen LogP contribution in [0.15, 0.2) is 42.6 Å². The molecule has 0 fully saturated rings. The van der Waals surface area contributed by atoms with Crippen LogP contribution in [-0.2, 0) is 4.79 Å². The Bertz CT molecular complexity index is 687. The van der Waals surface area contributed by atoms with Crippen molar-refractivity contribution in [2.75, 3.05) is 0 Å². The number of aromatic nitrogens is 5. The Labute approximate surface area is 115 Å². The van der Waals surface area contributed by atoms with E-state index in [-0.39, 0.29) is 11.7 Å². The van der Waals surface area contributed by atoms with Gasteiger partial charge in [-0.05, 0) is 42.8 Å². The normalized spacial score (nSPS) is 17.9. The lowest BCUT2D eigenvalue weighted by atomic mass is 9.96. The fourth-order valence-corrected chi connectivity index (χ4v) is 2.00. The van der Waals surface area contributed by atoms with Gasteiger partial charge in [-0.2, -0.15) is 0 Å². The number of hydrogen-bond donors (Lipinski definition) is 0. The highest BCUT2D eigenvalue weighted by Crippen LogP contribution is 2.20. The van der Waals surface area contributed by atoms with Crippen LogP contribution in [0.2, 0.25) is 0 Å². The van der Waals surface area contributed by atoms with Gasteiger partial charge in [-0.15, -0.1) is 15.0 Å².